The zero-order chi connectivity index (χ0) is 9.35. The van der Waals surface area contributed by atoms with Crippen LogP contribution in [-0.4, -0.2) is 22.6 Å². The number of carbonyl (C=O) groups excluding carboxylic acids is 1. The molecule has 1 aliphatic heterocycles. The van der Waals surface area contributed by atoms with E-state index in [4.69, 9.17) is 9.84 Å². The van der Waals surface area contributed by atoms with Crippen molar-refractivity contribution in [1.82, 2.24) is 0 Å². The maximum atomic E-state index is 10.8. The van der Waals surface area contributed by atoms with Crippen LogP contribution in [0.3, 0.4) is 0 Å². The first-order valence-electron chi connectivity index (χ1n) is 3.26. The Labute approximate surface area is 77.3 Å². The summed E-state index contributed by atoms with van der Waals surface area (Å²) >= 11 is 2.96. The lowest BCUT2D eigenvalue weighted by atomic mass is 10.0. The molecule has 1 N–H and O–H groups in total. The minimum atomic E-state index is -0.998. The van der Waals surface area contributed by atoms with E-state index >= 15 is 0 Å². The fraction of sp³-hybridized carbons (Fsp3) is 0.429. The summed E-state index contributed by atoms with van der Waals surface area (Å²) in [7, 11) is 0. The predicted molar refractivity (Wildman–Crippen MR) is 43.8 cm³/mol. The van der Waals surface area contributed by atoms with E-state index in [-0.39, 0.29) is 10.9 Å². The standard InChI is InChI=1S/C7H7BrO4/c1-7(3-5(9)10)2-4(8)6(11)12-7/h2H,3H2,1H3,(H,9,10)/t7-/m1/s1. The molecule has 66 valence electrons. The molecule has 0 saturated heterocycles. The lowest BCUT2D eigenvalue weighted by Crippen LogP contribution is -2.27. The molecule has 0 aromatic heterocycles. The Morgan fingerprint density at radius 2 is 2.42 bits per heavy atom. The maximum absolute atomic E-state index is 10.8. The first-order valence-corrected chi connectivity index (χ1v) is 4.06. The van der Waals surface area contributed by atoms with E-state index < -0.39 is 17.5 Å². The van der Waals surface area contributed by atoms with Crippen molar-refractivity contribution in [3.63, 3.8) is 0 Å². The molecular weight excluding hydrogens is 228 g/mol. The van der Waals surface area contributed by atoms with Gasteiger partial charge < -0.3 is 9.84 Å². The van der Waals surface area contributed by atoms with Crippen LogP contribution < -0.4 is 0 Å². The molecule has 1 atom stereocenters. The molecule has 1 rings (SSSR count). The molecule has 0 bridgehead atoms. The van der Waals surface area contributed by atoms with Crippen molar-refractivity contribution in [3.05, 3.63) is 10.6 Å². The SMILES string of the molecule is C[C@]1(CC(=O)O)C=C(Br)C(=O)O1. The lowest BCUT2D eigenvalue weighted by Gasteiger charge is -2.17. The van der Waals surface area contributed by atoms with E-state index in [0.717, 1.165) is 0 Å². The lowest BCUT2D eigenvalue weighted by molar-refractivity contribution is -0.150. The molecule has 1 heterocycles. The van der Waals surface area contributed by atoms with Gasteiger partial charge in [0.1, 0.15) is 10.1 Å². The van der Waals surface area contributed by atoms with E-state index in [9.17, 15) is 9.59 Å². The van der Waals surface area contributed by atoms with Gasteiger partial charge in [-0.25, -0.2) is 4.79 Å². The molecule has 1 aliphatic rings. The number of hydrogen-bond acceptors (Lipinski definition) is 3. The van der Waals surface area contributed by atoms with Crippen LogP contribution in [0.25, 0.3) is 0 Å². The number of aliphatic carboxylic acids is 1. The molecule has 0 fully saturated rings. The van der Waals surface area contributed by atoms with Gasteiger partial charge in [-0.1, -0.05) is 0 Å². The number of halogens is 1. The maximum Gasteiger partial charge on any atom is 0.345 e. The Morgan fingerprint density at radius 1 is 1.83 bits per heavy atom. The summed E-state index contributed by atoms with van der Waals surface area (Å²) in [6, 6.07) is 0. The van der Waals surface area contributed by atoms with Crippen molar-refractivity contribution in [2.24, 2.45) is 0 Å². The number of cyclic esters (lactones) is 1. The number of rotatable bonds is 2. The average molecular weight is 235 g/mol. The second-order valence-corrected chi connectivity index (χ2v) is 3.62. The minimum absolute atomic E-state index is 0.214. The van der Waals surface area contributed by atoms with Gasteiger partial charge in [0.25, 0.3) is 0 Å². The van der Waals surface area contributed by atoms with Crippen molar-refractivity contribution in [3.8, 4) is 0 Å². The number of carboxylic acid groups (broad SMARTS) is 1. The Hall–Kier alpha value is -0.840. The summed E-state index contributed by atoms with van der Waals surface area (Å²) in [5.41, 5.74) is -0.998. The van der Waals surface area contributed by atoms with Gasteiger partial charge >= 0.3 is 11.9 Å². The fourth-order valence-corrected chi connectivity index (χ4v) is 1.57. The Morgan fingerprint density at radius 3 is 2.75 bits per heavy atom. The van der Waals surface area contributed by atoms with Crippen LogP contribution in [0.1, 0.15) is 13.3 Å². The zero-order valence-electron chi connectivity index (χ0n) is 6.33. The van der Waals surface area contributed by atoms with Crippen molar-refractivity contribution < 1.29 is 19.4 Å². The van der Waals surface area contributed by atoms with Crippen LogP contribution >= 0.6 is 15.9 Å². The van der Waals surface area contributed by atoms with Gasteiger partial charge in [0.2, 0.25) is 0 Å². The molecule has 4 nitrogen and oxygen atoms in total. The van der Waals surface area contributed by atoms with Gasteiger partial charge in [-0.2, -0.15) is 0 Å². The van der Waals surface area contributed by atoms with Crippen molar-refractivity contribution >= 4 is 27.9 Å². The van der Waals surface area contributed by atoms with Crippen LogP contribution in [0.4, 0.5) is 0 Å². The van der Waals surface area contributed by atoms with Crippen LogP contribution in [0.15, 0.2) is 10.6 Å². The number of ether oxygens (including phenoxy) is 1. The minimum Gasteiger partial charge on any atom is -0.481 e. The highest BCUT2D eigenvalue weighted by Crippen LogP contribution is 2.30. The second-order valence-electron chi connectivity index (χ2n) is 2.76. The number of carboxylic acids is 1. The fourth-order valence-electron chi connectivity index (χ4n) is 1.00. The highest BCUT2D eigenvalue weighted by Gasteiger charge is 2.36. The number of hydrogen-bond donors (Lipinski definition) is 1. The normalized spacial score (nSPS) is 28.2. The molecule has 0 saturated carbocycles. The Kier molecular flexibility index (Phi) is 2.23. The molecule has 0 radical (unpaired) electrons. The van der Waals surface area contributed by atoms with Crippen molar-refractivity contribution in [2.75, 3.05) is 0 Å². The van der Waals surface area contributed by atoms with E-state index in [2.05, 4.69) is 15.9 Å². The molecule has 0 aromatic carbocycles. The van der Waals surface area contributed by atoms with E-state index in [1.165, 1.54) is 6.08 Å². The van der Waals surface area contributed by atoms with Gasteiger partial charge in [0.05, 0.1) is 6.42 Å². The molecule has 0 aromatic rings. The smallest absolute Gasteiger partial charge is 0.345 e. The summed E-state index contributed by atoms with van der Waals surface area (Å²) in [5.74, 6) is -1.51. The average Bonchev–Trinajstić information content (AvgIpc) is 2.04. The predicted octanol–water partition coefficient (Wildman–Crippen LogP) is 1.06. The Bertz CT molecular complexity index is 271. The highest BCUT2D eigenvalue weighted by atomic mass is 79.9. The van der Waals surface area contributed by atoms with Crippen LogP contribution in [-0.2, 0) is 14.3 Å². The van der Waals surface area contributed by atoms with Gasteiger partial charge in [-0.3, -0.25) is 4.79 Å². The molecule has 0 unspecified atom stereocenters. The van der Waals surface area contributed by atoms with Crippen LogP contribution in [0.5, 0.6) is 0 Å². The summed E-state index contributed by atoms with van der Waals surface area (Å²) < 4.78 is 5.10. The van der Waals surface area contributed by atoms with E-state index in [1.54, 1.807) is 6.92 Å². The van der Waals surface area contributed by atoms with Crippen LogP contribution in [0.2, 0.25) is 0 Å². The van der Waals surface area contributed by atoms with E-state index in [0.29, 0.717) is 0 Å². The van der Waals surface area contributed by atoms with Gasteiger partial charge in [-0.15, -0.1) is 0 Å². The van der Waals surface area contributed by atoms with Crippen molar-refractivity contribution in [1.29, 1.82) is 0 Å². The third kappa shape index (κ3) is 1.85. The van der Waals surface area contributed by atoms with Crippen molar-refractivity contribution in [2.45, 2.75) is 18.9 Å². The van der Waals surface area contributed by atoms with Gasteiger partial charge in [0, 0.05) is 0 Å². The third-order valence-corrected chi connectivity index (χ3v) is 2.01. The second kappa shape index (κ2) is 2.90. The molecular formula is C7H7BrO4. The highest BCUT2D eigenvalue weighted by molar-refractivity contribution is 9.12. The zero-order valence-corrected chi connectivity index (χ0v) is 7.92. The Balaban J connectivity index is 2.77. The summed E-state index contributed by atoms with van der Waals surface area (Å²) in [5, 5.41) is 8.48. The van der Waals surface area contributed by atoms with Crippen LogP contribution in [0, 0.1) is 0 Å². The largest absolute Gasteiger partial charge is 0.481 e. The molecule has 5 heteroatoms. The molecule has 0 spiro atoms. The first kappa shape index (κ1) is 9.25. The summed E-state index contributed by atoms with van der Waals surface area (Å²) in [6.07, 6.45) is 1.25. The quantitative estimate of drug-likeness (QED) is 0.726. The van der Waals surface area contributed by atoms with Gasteiger partial charge in [0.15, 0.2) is 0 Å². The topological polar surface area (TPSA) is 63.6 Å². The summed E-state index contributed by atoms with van der Waals surface area (Å²) in [6.45, 7) is 1.55. The number of carbonyl (C=O) groups is 2. The molecule has 12 heavy (non-hydrogen) atoms. The first-order chi connectivity index (χ1) is 5.43. The third-order valence-electron chi connectivity index (χ3n) is 1.46. The molecule has 0 amide bonds. The van der Waals surface area contributed by atoms with E-state index in [1.807, 2.05) is 0 Å². The number of esters is 1. The summed E-state index contributed by atoms with van der Waals surface area (Å²) in [4.78, 5) is 21.2. The van der Waals surface area contributed by atoms with Gasteiger partial charge in [-0.05, 0) is 28.9 Å². The molecule has 0 aliphatic carbocycles. The monoisotopic (exact) mass is 234 g/mol.